The largest absolute Gasteiger partial charge is 0.380 e. The zero-order valence-corrected chi connectivity index (χ0v) is 6.25. The molecule has 0 saturated carbocycles. The fourth-order valence-corrected chi connectivity index (χ4v) is 1.07. The maximum Gasteiger partial charge on any atom is 0.0510 e. The van der Waals surface area contributed by atoms with Crippen LogP contribution in [0.3, 0.4) is 0 Å². The third-order valence-corrected chi connectivity index (χ3v) is 1.83. The van der Waals surface area contributed by atoms with Crippen LogP contribution in [-0.4, -0.2) is 24.1 Å². The van der Waals surface area contributed by atoms with Crippen molar-refractivity contribution in [3.05, 3.63) is 24.5 Å². The fraction of sp³-hybridized carbons (Fsp3) is 0.375. The van der Waals surface area contributed by atoms with E-state index in [1.807, 2.05) is 12.1 Å². The Balaban J connectivity index is 1.95. The van der Waals surface area contributed by atoms with Crippen molar-refractivity contribution >= 4 is 5.69 Å². The smallest absolute Gasteiger partial charge is 0.0510 e. The Morgan fingerprint density at radius 2 is 2.09 bits per heavy atom. The summed E-state index contributed by atoms with van der Waals surface area (Å²) in [6.07, 6.45) is 3.60. The second kappa shape index (κ2) is 2.88. The van der Waals surface area contributed by atoms with E-state index in [9.17, 15) is 0 Å². The summed E-state index contributed by atoms with van der Waals surface area (Å²) in [7, 11) is 0. The Labute approximate surface area is 65.8 Å². The molecular weight excluding hydrogens is 138 g/mol. The quantitative estimate of drug-likeness (QED) is 0.641. The summed E-state index contributed by atoms with van der Waals surface area (Å²) in [5.74, 6) is 0. The van der Waals surface area contributed by atoms with E-state index in [1.165, 1.54) is 0 Å². The molecule has 11 heavy (non-hydrogen) atoms. The van der Waals surface area contributed by atoms with Crippen molar-refractivity contribution in [2.45, 2.75) is 6.04 Å². The normalized spacial score (nSPS) is 17.5. The van der Waals surface area contributed by atoms with E-state index in [0.717, 1.165) is 18.8 Å². The molecule has 0 atom stereocenters. The summed E-state index contributed by atoms with van der Waals surface area (Å²) in [4.78, 5) is 3.94. The minimum atomic E-state index is 0.609. The van der Waals surface area contributed by atoms with E-state index >= 15 is 0 Å². The molecule has 1 aliphatic rings. The van der Waals surface area contributed by atoms with Crippen LogP contribution >= 0.6 is 0 Å². The van der Waals surface area contributed by atoms with Gasteiger partial charge in [0.05, 0.1) is 6.04 Å². The topological polar surface area (TPSA) is 37.0 Å². The van der Waals surface area contributed by atoms with Crippen LogP contribution in [-0.2, 0) is 0 Å². The molecule has 0 amide bonds. The first-order valence-corrected chi connectivity index (χ1v) is 3.82. The molecule has 1 fully saturated rings. The molecular formula is C8H11N3. The number of aromatic nitrogens is 1. The summed E-state index contributed by atoms with van der Waals surface area (Å²) in [5, 5.41) is 6.58. The van der Waals surface area contributed by atoms with E-state index in [-0.39, 0.29) is 0 Å². The maximum absolute atomic E-state index is 3.94. The van der Waals surface area contributed by atoms with Gasteiger partial charge in [-0.3, -0.25) is 4.98 Å². The Kier molecular flexibility index (Phi) is 1.73. The Morgan fingerprint density at radius 3 is 2.64 bits per heavy atom. The highest BCUT2D eigenvalue weighted by Gasteiger charge is 2.15. The average molecular weight is 149 g/mol. The van der Waals surface area contributed by atoms with Crippen molar-refractivity contribution < 1.29 is 0 Å². The van der Waals surface area contributed by atoms with Gasteiger partial charge in [-0.05, 0) is 12.1 Å². The van der Waals surface area contributed by atoms with Gasteiger partial charge in [0.1, 0.15) is 0 Å². The van der Waals surface area contributed by atoms with Crippen molar-refractivity contribution in [3.8, 4) is 0 Å². The Hall–Kier alpha value is -1.09. The SMILES string of the molecule is c1cc(NC2CNC2)ccn1. The van der Waals surface area contributed by atoms with Crippen LogP contribution in [0.1, 0.15) is 0 Å². The molecule has 2 N–H and O–H groups in total. The predicted octanol–water partition coefficient (Wildman–Crippen LogP) is 0.465. The van der Waals surface area contributed by atoms with Gasteiger partial charge in [0.15, 0.2) is 0 Å². The second-order valence-corrected chi connectivity index (χ2v) is 2.74. The van der Waals surface area contributed by atoms with E-state index in [0.29, 0.717) is 6.04 Å². The summed E-state index contributed by atoms with van der Waals surface area (Å²) in [6, 6.07) is 4.58. The molecule has 2 heterocycles. The summed E-state index contributed by atoms with van der Waals surface area (Å²) < 4.78 is 0. The van der Waals surface area contributed by atoms with Crippen LogP contribution in [0.4, 0.5) is 5.69 Å². The third kappa shape index (κ3) is 1.49. The van der Waals surface area contributed by atoms with Gasteiger partial charge in [-0.15, -0.1) is 0 Å². The molecule has 1 aliphatic heterocycles. The van der Waals surface area contributed by atoms with Gasteiger partial charge in [0.25, 0.3) is 0 Å². The van der Waals surface area contributed by atoms with Crippen LogP contribution in [0.25, 0.3) is 0 Å². The van der Waals surface area contributed by atoms with Gasteiger partial charge in [0, 0.05) is 31.2 Å². The summed E-state index contributed by atoms with van der Waals surface area (Å²) in [6.45, 7) is 2.14. The van der Waals surface area contributed by atoms with Crippen LogP contribution < -0.4 is 10.6 Å². The molecule has 2 rings (SSSR count). The van der Waals surface area contributed by atoms with Gasteiger partial charge in [-0.25, -0.2) is 0 Å². The first-order chi connectivity index (χ1) is 5.45. The molecule has 0 bridgehead atoms. The maximum atomic E-state index is 3.94. The lowest BCUT2D eigenvalue weighted by Gasteiger charge is -2.28. The standard InChI is InChI=1S/C8H11N3/c1-3-9-4-2-7(1)11-8-5-10-6-8/h1-4,8,10H,5-6H2,(H,9,11). The second-order valence-electron chi connectivity index (χ2n) is 2.74. The highest BCUT2D eigenvalue weighted by Crippen LogP contribution is 2.07. The highest BCUT2D eigenvalue weighted by molar-refractivity contribution is 5.42. The Bertz CT molecular complexity index is 218. The van der Waals surface area contributed by atoms with Crippen LogP contribution in [0, 0.1) is 0 Å². The first kappa shape index (κ1) is 6.61. The van der Waals surface area contributed by atoms with Crippen LogP contribution in [0.15, 0.2) is 24.5 Å². The van der Waals surface area contributed by atoms with Gasteiger partial charge < -0.3 is 10.6 Å². The predicted molar refractivity (Wildman–Crippen MR) is 44.5 cm³/mol. The molecule has 1 aromatic heterocycles. The lowest BCUT2D eigenvalue weighted by Crippen LogP contribution is -2.51. The molecule has 58 valence electrons. The molecule has 0 radical (unpaired) electrons. The average Bonchev–Trinajstić information content (AvgIpc) is 1.99. The van der Waals surface area contributed by atoms with Gasteiger partial charge >= 0.3 is 0 Å². The number of nitrogens with one attached hydrogen (secondary N) is 2. The van der Waals surface area contributed by atoms with E-state index in [1.54, 1.807) is 12.4 Å². The molecule has 1 saturated heterocycles. The minimum absolute atomic E-state index is 0.609. The van der Waals surface area contributed by atoms with Crippen LogP contribution in [0.2, 0.25) is 0 Å². The zero-order valence-electron chi connectivity index (χ0n) is 6.25. The molecule has 0 unspecified atom stereocenters. The van der Waals surface area contributed by atoms with Gasteiger partial charge in [0.2, 0.25) is 0 Å². The minimum Gasteiger partial charge on any atom is -0.380 e. The van der Waals surface area contributed by atoms with E-state index in [2.05, 4.69) is 15.6 Å². The van der Waals surface area contributed by atoms with Crippen molar-refractivity contribution in [1.82, 2.24) is 10.3 Å². The van der Waals surface area contributed by atoms with Crippen molar-refractivity contribution in [2.75, 3.05) is 18.4 Å². The van der Waals surface area contributed by atoms with Gasteiger partial charge in [-0.2, -0.15) is 0 Å². The van der Waals surface area contributed by atoms with E-state index < -0.39 is 0 Å². The lowest BCUT2D eigenvalue weighted by molar-refractivity contribution is 0.472. The summed E-state index contributed by atoms with van der Waals surface area (Å²) >= 11 is 0. The summed E-state index contributed by atoms with van der Waals surface area (Å²) in [5.41, 5.74) is 1.16. The molecule has 3 nitrogen and oxygen atoms in total. The third-order valence-electron chi connectivity index (χ3n) is 1.83. The number of anilines is 1. The Morgan fingerprint density at radius 1 is 1.36 bits per heavy atom. The fourth-order valence-electron chi connectivity index (χ4n) is 1.07. The van der Waals surface area contributed by atoms with Gasteiger partial charge in [-0.1, -0.05) is 0 Å². The van der Waals surface area contributed by atoms with Crippen molar-refractivity contribution in [3.63, 3.8) is 0 Å². The van der Waals surface area contributed by atoms with Crippen molar-refractivity contribution in [2.24, 2.45) is 0 Å². The van der Waals surface area contributed by atoms with E-state index in [4.69, 9.17) is 0 Å². The monoisotopic (exact) mass is 149 g/mol. The molecule has 0 aliphatic carbocycles. The number of nitrogens with zero attached hydrogens (tertiary/aromatic N) is 1. The van der Waals surface area contributed by atoms with Crippen LogP contribution in [0.5, 0.6) is 0 Å². The number of rotatable bonds is 2. The number of hydrogen-bond donors (Lipinski definition) is 2. The zero-order chi connectivity index (χ0) is 7.52. The molecule has 0 aromatic carbocycles. The first-order valence-electron chi connectivity index (χ1n) is 3.82. The number of hydrogen-bond acceptors (Lipinski definition) is 3. The molecule has 3 heteroatoms. The molecule has 0 spiro atoms. The highest BCUT2D eigenvalue weighted by atomic mass is 15.1. The lowest BCUT2D eigenvalue weighted by atomic mass is 10.2. The molecule has 1 aromatic rings. The van der Waals surface area contributed by atoms with Crippen molar-refractivity contribution in [1.29, 1.82) is 0 Å². The number of pyridine rings is 1.